The molecule has 28 heavy (non-hydrogen) atoms. The molecule has 4 rings (SSSR count). The summed E-state index contributed by atoms with van der Waals surface area (Å²) in [5, 5.41) is 2.85. The van der Waals surface area contributed by atoms with Crippen molar-refractivity contribution in [1.82, 2.24) is 30.1 Å². The Hall–Kier alpha value is -3.04. The topological polar surface area (TPSA) is 92.5 Å². The maximum Gasteiger partial charge on any atom is 0.294 e. The van der Waals surface area contributed by atoms with E-state index in [1.165, 1.54) is 22.9 Å². The molecule has 0 spiro atoms. The number of aromatic nitrogens is 3. The SMILES string of the molecule is Cn1c(-c2ccc(F)cc2)cn2cc(C(=O)NCCC3CNNC3)nc2c1=O. The van der Waals surface area contributed by atoms with Gasteiger partial charge in [0, 0.05) is 39.1 Å². The van der Waals surface area contributed by atoms with Gasteiger partial charge in [-0.05, 0) is 42.2 Å². The number of hydrogen-bond donors (Lipinski definition) is 3. The van der Waals surface area contributed by atoms with E-state index >= 15 is 0 Å². The Morgan fingerprint density at radius 2 is 1.96 bits per heavy atom. The first-order valence-electron chi connectivity index (χ1n) is 9.11. The minimum atomic E-state index is -0.347. The number of carbonyl (C=O) groups excluding carboxylic acids is 1. The van der Waals surface area contributed by atoms with Gasteiger partial charge in [0.2, 0.25) is 5.65 Å². The summed E-state index contributed by atoms with van der Waals surface area (Å²) < 4.78 is 16.2. The summed E-state index contributed by atoms with van der Waals surface area (Å²) in [5.41, 5.74) is 7.44. The Kier molecular flexibility index (Phi) is 4.93. The van der Waals surface area contributed by atoms with Crippen molar-refractivity contribution < 1.29 is 9.18 Å². The van der Waals surface area contributed by atoms with E-state index < -0.39 is 0 Å². The lowest BCUT2D eigenvalue weighted by molar-refractivity contribution is 0.0947. The van der Waals surface area contributed by atoms with E-state index in [0.29, 0.717) is 23.7 Å². The van der Waals surface area contributed by atoms with E-state index in [1.807, 2.05) is 0 Å². The molecule has 2 aromatic heterocycles. The number of fused-ring (bicyclic) bond motifs is 1. The number of hydrazine groups is 1. The van der Waals surface area contributed by atoms with Gasteiger partial charge in [0.15, 0.2) is 0 Å². The summed E-state index contributed by atoms with van der Waals surface area (Å²) in [6.45, 7) is 2.30. The first kappa shape index (κ1) is 18.3. The molecule has 1 saturated heterocycles. The van der Waals surface area contributed by atoms with E-state index in [1.54, 1.807) is 29.8 Å². The van der Waals surface area contributed by atoms with Crippen LogP contribution in [0.1, 0.15) is 16.9 Å². The molecule has 0 bridgehead atoms. The monoisotopic (exact) mass is 384 g/mol. The van der Waals surface area contributed by atoms with Gasteiger partial charge in [-0.15, -0.1) is 0 Å². The van der Waals surface area contributed by atoms with Crippen LogP contribution in [0.4, 0.5) is 4.39 Å². The number of rotatable bonds is 5. The summed E-state index contributed by atoms with van der Waals surface area (Å²) in [5.74, 6) is -0.180. The van der Waals surface area contributed by atoms with Crippen molar-refractivity contribution in [2.45, 2.75) is 6.42 Å². The van der Waals surface area contributed by atoms with Gasteiger partial charge in [-0.1, -0.05) is 0 Å². The van der Waals surface area contributed by atoms with Crippen LogP contribution in [0, 0.1) is 11.7 Å². The number of halogens is 1. The molecule has 1 amide bonds. The molecule has 3 N–H and O–H groups in total. The van der Waals surface area contributed by atoms with Crippen molar-refractivity contribution in [3.8, 4) is 11.3 Å². The molecule has 0 aliphatic carbocycles. The average molecular weight is 384 g/mol. The van der Waals surface area contributed by atoms with Gasteiger partial charge in [-0.3, -0.25) is 24.8 Å². The molecule has 0 atom stereocenters. The molecule has 0 saturated carbocycles. The zero-order valence-electron chi connectivity index (χ0n) is 15.4. The van der Waals surface area contributed by atoms with Crippen LogP contribution in [-0.4, -0.2) is 39.5 Å². The third kappa shape index (κ3) is 3.54. The minimum absolute atomic E-state index is 0.169. The Bertz CT molecular complexity index is 1070. The van der Waals surface area contributed by atoms with Crippen LogP contribution in [0.3, 0.4) is 0 Å². The van der Waals surface area contributed by atoms with Gasteiger partial charge in [-0.25, -0.2) is 9.37 Å². The van der Waals surface area contributed by atoms with Crippen molar-refractivity contribution in [2.75, 3.05) is 19.6 Å². The molecule has 146 valence electrons. The van der Waals surface area contributed by atoms with E-state index in [0.717, 1.165) is 19.5 Å². The second-order valence-electron chi connectivity index (χ2n) is 6.91. The van der Waals surface area contributed by atoms with Crippen molar-refractivity contribution in [3.63, 3.8) is 0 Å². The van der Waals surface area contributed by atoms with Crippen LogP contribution in [-0.2, 0) is 7.05 Å². The molecular weight excluding hydrogens is 363 g/mol. The van der Waals surface area contributed by atoms with Crippen LogP contribution >= 0.6 is 0 Å². The number of hydrogen-bond acceptors (Lipinski definition) is 5. The summed E-state index contributed by atoms with van der Waals surface area (Å²) in [6, 6.07) is 5.89. The van der Waals surface area contributed by atoms with E-state index in [9.17, 15) is 14.0 Å². The third-order valence-electron chi connectivity index (χ3n) is 4.97. The second-order valence-corrected chi connectivity index (χ2v) is 6.91. The normalized spacial score (nSPS) is 14.6. The molecule has 1 aliphatic rings. The third-order valence-corrected chi connectivity index (χ3v) is 4.97. The standard InChI is InChI=1S/C19H21FN6O2/c1-25-16(13-2-4-14(20)5-3-13)11-26-10-15(24-17(26)19(25)28)18(27)21-7-6-12-8-22-23-9-12/h2-5,10-12,22-23H,6-9H2,1H3,(H,21,27). The predicted molar refractivity (Wildman–Crippen MR) is 102 cm³/mol. The zero-order chi connectivity index (χ0) is 19.7. The Balaban J connectivity index is 1.57. The summed E-state index contributed by atoms with van der Waals surface area (Å²) in [6.07, 6.45) is 4.11. The van der Waals surface area contributed by atoms with Crippen LogP contribution in [0.15, 0.2) is 41.5 Å². The number of imidazole rings is 1. The molecule has 0 unspecified atom stereocenters. The fourth-order valence-electron chi connectivity index (χ4n) is 3.32. The smallest absolute Gasteiger partial charge is 0.294 e. The van der Waals surface area contributed by atoms with Gasteiger partial charge < -0.3 is 9.88 Å². The molecule has 1 aromatic carbocycles. The highest BCUT2D eigenvalue weighted by Crippen LogP contribution is 2.18. The number of nitrogens with zero attached hydrogens (tertiary/aromatic N) is 3. The predicted octanol–water partition coefficient (Wildman–Crippen LogP) is 0.683. The van der Waals surface area contributed by atoms with Crippen molar-refractivity contribution >= 4 is 11.6 Å². The maximum atomic E-state index is 13.2. The first-order valence-corrected chi connectivity index (χ1v) is 9.11. The van der Waals surface area contributed by atoms with Crippen LogP contribution in [0.25, 0.3) is 16.9 Å². The molecule has 1 fully saturated rings. The Morgan fingerprint density at radius 1 is 1.25 bits per heavy atom. The van der Waals surface area contributed by atoms with Crippen molar-refractivity contribution in [3.05, 3.63) is 58.5 Å². The fraction of sp³-hybridized carbons (Fsp3) is 0.316. The lowest BCUT2D eigenvalue weighted by atomic mass is 10.1. The first-order chi connectivity index (χ1) is 13.5. The Labute approximate surface area is 160 Å². The second kappa shape index (κ2) is 7.53. The van der Waals surface area contributed by atoms with Crippen LogP contribution in [0.5, 0.6) is 0 Å². The van der Waals surface area contributed by atoms with Gasteiger partial charge in [0.05, 0.1) is 5.69 Å². The highest BCUT2D eigenvalue weighted by Gasteiger charge is 2.17. The molecular formula is C19H21FN6O2. The number of nitrogens with one attached hydrogen (secondary N) is 3. The summed E-state index contributed by atoms with van der Waals surface area (Å²) in [7, 11) is 1.62. The summed E-state index contributed by atoms with van der Waals surface area (Å²) >= 11 is 0. The maximum absolute atomic E-state index is 13.2. The number of carbonyl (C=O) groups is 1. The zero-order valence-corrected chi connectivity index (χ0v) is 15.4. The van der Waals surface area contributed by atoms with E-state index in [-0.39, 0.29) is 28.6 Å². The molecule has 8 nitrogen and oxygen atoms in total. The summed E-state index contributed by atoms with van der Waals surface area (Å²) in [4.78, 5) is 29.3. The lowest BCUT2D eigenvalue weighted by Gasteiger charge is -2.09. The van der Waals surface area contributed by atoms with Gasteiger partial charge in [0.25, 0.3) is 11.5 Å². The minimum Gasteiger partial charge on any atom is -0.351 e. The average Bonchev–Trinajstić information content (AvgIpc) is 3.35. The largest absolute Gasteiger partial charge is 0.351 e. The molecule has 1 aliphatic heterocycles. The number of amides is 1. The molecule has 0 radical (unpaired) electrons. The molecule has 9 heteroatoms. The van der Waals surface area contributed by atoms with Gasteiger partial charge in [0.1, 0.15) is 11.5 Å². The lowest BCUT2D eigenvalue weighted by Crippen LogP contribution is -2.27. The van der Waals surface area contributed by atoms with Crippen molar-refractivity contribution in [2.24, 2.45) is 13.0 Å². The number of benzene rings is 1. The highest BCUT2D eigenvalue weighted by atomic mass is 19.1. The van der Waals surface area contributed by atoms with E-state index in [2.05, 4.69) is 21.2 Å². The quantitative estimate of drug-likeness (QED) is 0.602. The fourth-order valence-corrected chi connectivity index (χ4v) is 3.32. The van der Waals surface area contributed by atoms with Gasteiger partial charge >= 0.3 is 0 Å². The van der Waals surface area contributed by atoms with Gasteiger partial charge in [-0.2, -0.15) is 0 Å². The van der Waals surface area contributed by atoms with E-state index in [4.69, 9.17) is 0 Å². The van der Waals surface area contributed by atoms with Crippen LogP contribution < -0.4 is 21.7 Å². The Morgan fingerprint density at radius 3 is 2.68 bits per heavy atom. The molecule has 3 aromatic rings. The molecule has 3 heterocycles. The van der Waals surface area contributed by atoms with Crippen LogP contribution in [0.2, 0.25) is 0 Å². The van der Waals surface area contributed by atoms with Crippen molar-refractivity contribution in [1.29, 1.82) is 0 Å². The highest BCUT2D eigenvalue weighted by molar-refractivity contribution is 5.92.